The number of hydrogen-bond acceptors (Lipinski definition) is 1. The molecule has 12 heavy (non-hydrogen) atoms. The molecule has 0 saturated heterocycles. The quantitative estimate of drug-likeness (QED) is 0.552. The predicted octanol–water partition coefficient (Wildman–Crippen LogP) is 1.99. The number of nitrogens with zero attached hydrogens (tertiary/aromatic N) is 3. The maximum atomic E-state index is 11.9. The highest BCUT2D eigenvalue weighted by atomic mass is 19.4. The number of alkyl halides is 3. The predicted molar refractivity (Wildman–Crippen MR) is 34.5 cm³/mol. The van der Waals surface area contributed by atoms with Gasteiger partial charge in [0.15, 0.2) is 5.69 Å². The highest BCUT2D eigenvalue weighted by Crippen LogP contribution is 2.30. The molecule has 0 amide bonds. The summed E-state index contributed by atoms with van der Waals surface area (Å²) in [5.74, 6) is -0.123. The van der Waals surface area contributed by atoms with Gasteiger partial charge in [0.25, 0.3) is 5.82 Å². The molecule has 0 aliphatic carbocycles. The van der Waals surface area contributed by atoms with E-state index in [-0.39, 0.29) is 5.82 Å². The zero-order valence-corrected chi connectivity index (χ0v) is 6.05. The zero-order chi connectivity index (χ0) is 9.35. The molecule has 6 heteroatoms. The molecule has 1 aromatic heterocycles. The van der Waals surface area contributed by atoms with Crippen molar-refractivity contribution in [2.24, 2.45) is 7.05 Å². The minimum absolute atomic E-state index is 0.123. The van der Waals surface area contributed by atoms with Gasteiger partial charge in [0.05, 0.1) is 7.05 Å². The van der Waals surface area contributed by atoms with E-state index < -0.39 is 11.9 Å². The summed E-state index contributed by atoms with van der Waals surface area (Å²) >= 11 is 0. The monoisotopic (exact) mass is 175 g/mol. The number of aromatic nitrogens is 2. The van der Waals surface area contributed by atoms with Crippen molar-refractivity contribution >= 4 is 5.82 Å². The molecule has 0 bridgehead atoms. The second kappa shape index (κ2) is 2.52. The maximum absolute atomic E-state index is 11.9. The Labute approximate surface area is 66.2 Å². The van der Waals surface area contributed by atoms with Gasteiger partial charge in [0, 0.05) is 0 Å². The van der Waals surface area contributed by atoms with E-state index in [0.29, 0.717) is 6.07 Å². The highest BCUT2D eigenvalue weighted by molar-refractivity contribution is 5.38. The van der Waals surface area contributed by atoms with Crippen molar-refractivity contribution in [1.82, 2.24) is 9.78 Å². The average molecular weight is 175 g/mol. The van der Waals surface area contributed by atoms with Crippen molar-refractivity contribution in [3.05, 3.63) is 23.2 Å². The first-order chi connectivity index (χ1) is 5.45. The average Bonchev–Trinajstić information content (AvgIpc) is 2.29. The summed E-state index contributed by atoms with van der Waals surface area (Å²) in [6.45, 7) is 6.50. The van der Waals surface area contributed by atoms with Crippen LogP contribution < -0.4 is 0 Å². The van der Waals surface area contributed by atoms with E-state index in [1.54, 1.807) is 0 Å². The molecule has 0 spiro atoms. The van der Waals surface area contributed by atoms with Crippen LogP contribution in [0.25, 0.3) is 4.85 Å². The number of aryl methyl sites for hydroxylation is 1. The third-order valence-electron chi connectivity index (χ3n) is 1.26. The van der Waals surface area contributed by atoms with Gasteiger partial charge in [0.2, 0.25) is 0 Å². The molecule has 0 saturated carbocycles. The van der Waals surface area contributed by atoms with Gasteiger partial charge in [-0.05, 0) is 6.07 Å². The fourth-order valence-electron chi connectivity index (χ4n) is 0.701. The van der Waals surface area contributed by atoms with Crippen LogP contribution in [0.5, 0.6) is 0 Å². The van der Waals surface area contributed by atoms with Gasteiger partial charge in [-0.15, -0.1) is 0 Å². The van der Waals surface area contributed by atoms with Crippen LogP contribution in [-0.4, -0.2) is 9.78 Å². The van der Waals surface area contributed by atoms with Gasteiger partial charge in [-0.25, -0.2) is 4.68 Å². The number of rotatable bonds is 0. The zero-order valence-electron chi connectivity index (χ0n) is 6.05. The normalized spacial score (nSPS) is 11.2. The van der Waals surface area contributed by atoms with Crippen molar-refractivity contribution in [1.29, 1.82) is 0 Å². The lowest BCUT2D eigenvalue weighted by molar-refractivity contribution is -0.141. The largest absolute Gasteiger partial charge is 0.435 e. The molecular weight excluding hydrogens is 171 g/mol. The number of hydrogen-bond donors (Lipinski definition) is 0. The van der Waals surface area contributed by atoms with Crippen LogP contribution in [0.1, 0.15) is 5.69 Å². The first-order valence-electron chi connectivity index (χ1n) is 2.94. The summed E-state index contributed by atoms with van der Waals surface area (Å²) in [4.78, 5) is 2.85. The first kappa shape index (κ1) is 8.59. The van der Waals surface area contributed by atoms with Gasteiger partial charge in [-0.3, -0.25) is 0 Å². The third-order valence-corrected chi connectivity index (χ3v) is 1.26. The standard InChI is InChI=1S/C6H4F3N3/c1-10-5-3-4(6(7,8)9)11-12(5)2/h3H,2H3. The topological polar surface area (TPSA) is 22.2 Å². The van der Waals surface area contributed by atoms with Crippen LogP contribution in [0.4, 0.5) is 19.0 Å². The molecule has 0 fully saturated rings. The number of halogens is 3. The van der Waals surface area contributed by atoms with Gasteiger partial charge < -0.3 is 4.85 Å². The van der Waals surface area contributed by atoms with E-state index >= 15 is 0 Å². The SMILES string of the molecule is [C-]#[N+]c1cc(C(F)(F)F)nn1C. The molecule has 1 heterocycles. The Balaban J connectivity index is 3.16. The van der Waals surface area contributed by atoms with E-state index in [1.807, 2.05) is 0 Å². The molecule has 64 valence electrons. The van der Waals surface area contributed by atoms with Gasteiger partial charge in [0.1, 0.15) is 0 Å². The summed E-state index contributed by atoms with van der Waals surface area (Å²) in [7, 11) is 1.29. The molecule has 0 atom stereocenters. The van der Waals surface area contributed by atoms with E-state index in [1.165, 1.54) is 7.05 Å². The summed E-state index contributed by atoms with van der Waals surface area (Å²) in [5, 5.41) is 3.13. The van der Waals surface area contributed by atoms with Crippen molar-refractivity contribution in [3.8, 4) is 0 Å². The molecule has 1 rings (SSSR count). The molecule has 0 N–H and O–H groups in total. The van der Waals surface area contributed by atoms with Crippen molar-refractivity contribution in [2.45, 2.75) is 6.18 Å². The van der Waals surface area contributed by atoms with Crippen LogP contribution in [0.15, 0.2) is 6.07 Å². The van der Waals surface area contributed by atoms with Crippen LogP contribution in [0, 0.1) is 6.57 Å². The Hall–Kier alpha value is -1.51. The van der Waals surface area contributed by atoms with Crippen molar-refractivity contribution in [2.75, 3.05) is 0 Å². The van der Waals surface area contributed by atoms with Crippen molar-refractivity contribution < 1.29 is 13.2 Å². The Morgan fingerprint density at radius 2 is 2.17 bits per heavy atom. The molecule has 0 radical (unpaired) electrons. The maximum Gasteiger partial charge on any atom is 0.435 e. The molecule has 0 aromatic carbocycles. The Kier molecular flexibility index (Phi) is 1.80. The molecule has 3 nitrogen and oxygen atoms in total. The summed E-state index contributed by atoms with van der Waals surface area (Å²) in [6.07, 6.45) is -4.47. The van der Waals surface area contributed by atoms with Gasteiger partial charge >= 0.3 is 6.18 Å². The molecular formula is C6H4F3N3. The van der Waals surface area contributed by atoms with E-state index in [9.17, 15) is 13.2 Å². The smallest absolute Gasteiger partial charge is 0.362 e. The molecule has 0 aliphatic rings. The summed E-state index contributed by atoms with van der Waals surface area (Å²) in [6, 6.07) is 0.715. The Bertz CT molecular complexity index is 331. The fourth-order valence-corrected chi connectivity index (χ4v) is 0.701. The molecule has 1 aromatic rings. The molecule has 0 aliphatic heterocycles. The van der Waals surface area contributed by atoms with Crippen LogP contribution in [0.2, 0.25) is 0 Å². The van der Waals surface area contributed by atoms with Crippen LogP contribution >= 0.6 is 0 Å². The van der Waals surface area contributed by atoms with Crippen LogP contribution in [0.3, 0.4) is 0 Å². The minimum Gasteiger partial charge on any atom is -0.362 e. The third kappa shape index (κ3) is 1.39. The Morgan fingerprint density at radius 3 is 2.42 bits per heavy atom. The summed E-state index contributed by atoms with van der Waals surface area (Å²) in [5.41, 5.74) is -1.03. The summed E-state index contributed by atoms with van der Waals surface area (Å²) < 4.78 is 36.7. The Morgan fingerprint density at radius 1 is 1.58 bits per heavy atom. The second-order valence-corrected chi connectivity index (χ2v) is 2.12. The van der Waals surface area contributed by atoms with E-state index in [4.69, 9.17) is 6.57 Å². The second-order valence-electron chi connectivity index (χ2n) is 2.12. The van der Waals surface area contributed by atoms with E-state index in [2.05, 4.69) is 9.94 Å². The fraction of sp³-hybridized carbons (Fsp3) is 0.333. The lowest BCUT2D eigenvalue weighted by Gasteiger charge is -1.97. The molecule has 0 unspecified atom stereocenters. The van der Waals surface area contributed by atoms with Crippen molar-refractivity contribution in [3.63, 3.8) is 0 Å². The first-order valence-corrected chi connectivity index (χ1v) is 2.94. The van der Waals surface area contributed by atoms with E-state index in [0.717, 1.165) is 4.68 Å². The minimum atomic E-state index is -4.47. The highest BCUT2D eigenvalue weighted by Gasteiger charge is 2.35. The van der Waals surface area contributed by atoms with Crippen LogP contribution in [-0.2, 0) is 13.2 Å². The lowest BCUT2D eigenvalue weighted by Crippen LogP contribution is -2.06. The van der Waals surface area contributed by atoms with Gasteiger partial charge in [-0.2, -0.15) is 13.2 Å². The lowest BCUT2D eigenvalue weighted by atomic mass is 10.4. The van der Waals surface area contributed by atoms with Gasteiger partial charge in [-0.1, -0.05) is 11.7 Å².